The van der Waals surface area contributed by atoms with Crippen LogP contribution in [0.1, 0.15) is 98.0 Å². The number of aliphatic hydroxyl groups excluding tert-OH is 1. The molecule has 2 amide bonds. The number of nitrogens with one attached hydrogen (secondary N) is 1. The summed E-state index contributed by atoms with van der Waals surface area (Å²) in [6, 6.07) is 9.50. The minimum absolute atomic E-state index is 0.0160. The summed E-state index contributed by atoms with van der Waals surface area (Å²) in [5.41, 5.74) is 1.08. The van der Waals surface area contributed by atoms with E-state index in [2.05, 4.69) is 19.2 Å². The largest absolute Gasteiger partial charge is 0.396 e. The first-order chi connectivity index (χ1) is 24.8. The number of rotatable bonds is 21. The van der Waals surface area contributed by atoms with Crippen molar-refractivity contribution in [1.29, 1.82) is 0 Å². The van der Waals surface area contributed by atoms with Crippen molar-refractivity contribution >= 4 is 23.4 Å². The summed E-state index contributed by atoms with van der Waals surface area (Å²) >= 11 is 0. The Hall–Kier alpha value is -2.66. The summed E-state index contributed by atoms with van der Waals surface area (Å²) in [5, 5.41) is 13.6. The predicted octanol–water partition coefficient (Wildman–Crippen LogP) is 5.09. The van der Waals surface area contributed by atoms with E-state index in [-0.39, 0.29) is 85.1 Å². The molecule has 1 saturated carbocycles. The van der Waals surface area contributed by atoms with Crippen molar-refractivity contribution < 1.29 is 33.8 Å². The summed E-state index contributed by atoms with van der Waals surface area (Å²) in [6.07, 6.45) is 5.65. The van der Waals surface area contributed by atoms with Crippen molar-refractivity contribution in [2.24, 2.45) is 35.5 Å². The number of likely N-dealkylation sites (tertiary alicyclic amines) is 1. The van der Waals surface area contributed by atoms with Crippen LogP contribution in [-0.2, 0) is 35.1 Å². The van der Waals surface area contributed by atoms with Gasteiger partial charge in [-0.3, -0.25) is 19.2 Å². The van der Waals surface area contributed by atoms with Gasteiger partial charge >= 0.3 is 0 Å². The maximum absolute atomic E-state index is 14.3. The van der Waals surface area contributed by atoms with Gasteiger partial charge in [0, 0.05) is 65.1 Å². The lowest BCUT2D eigenvalue weighted by atomic mass is 9.83. The average Bonchev–Trinajstić information content (AvgIpc) is 3.92. The van der Waals surface area contributed by atoms with Gasteiger partial charge in [-0.25, -0.2) is 0 Å². The third kappa shape index (κ3) is 10.1. The third-order valence-electron chi connectivity index (χ3n) is 12.7. The zero-order valence-corrected chi connectivity index (χ0v) is 33.1. The zero-order valence-electron chi connectivity index (χ0n) is 33.1. The fourth-order valence-corrected chi connectivity index (χ4v) is 9.39. The van der Waals surface area contributed by atoms with E-state index in [4.69, 9.17) is 9.47 Å². The molecule has 3 aliphatic rings. The number of amides is 2. The topological polar surface area (TPSA) is 125 Å². The first-order valence-electron chi connectivity index (χ1n) is 19.9. The van der Waals surface area contributed by atoms with Crippen LogP contribution in [0.4, 0.5) is 0 Å². The molecule has 2 aliphatic heterocycles. The molecule has 2 heterocycles. The molecule has 0 unspecified atom stereocenters. The SMILES string of the molecule is CC[C@H](C)[C@@H]([C@@H](CC(=O)N1CCC[C@H]1[C@H](OC)[C@@H](C)C(=O)C[C@H](CO)Cc1ccccc1)OC)N(C)C(=O)[C@@H](CC(=O)[C@H]1N[C@@H]2CC[C@H]1C2)C(C)C. The second-order valence-electron chi connectivity index (χ2n) is 16.4. The molecule has 0 radical (unpaired) electrons. The van der Waals surface area contributed by atoms with Crippen LogP contribution in [0.15, 0.2) is 30.3 Å². The molecule has 2 saturated heterocycles. The fraction of sp³-hybridized carbons (Fsp3) is 0.762. The van der Waals surface area contributed by atoms with Gasteiger partial charge in [0.2, 0.25) is 11.8 Å². The Morgan fingerprint density at radius 3 is 2.25 bits per heavy atom. The van der Waals surface area contributed by atoms with Crippen LogP contribution in [0.3, 0.4) is 0 Å². The summed E-state index contributed by atoms with van der Waals surface area (Å²) in [6.45, 7) is 10.5. The summed E-state index contributed by atoms with van der Waals surface area (Å²) in [5.74, 6) is -0.739. The van der Waals surface area contributed by atoms with E-state index in [1.165, 1.54) is 0 Å². The molecule has 1 aromatic carbocycles. The normalized spacial score (nSPS) is 25.4. The smallest absolute Gasteiger partial charge is 0.226 e. The molecule has 0 aromatic heterocycles. The van der Waals surface area contributed by atoms with E-state index in [0.29, 0.717) is 24.9 Å². The second-order valence-corrected chi connectivity index (χ2v) is 16.4. The van der Waals surface area contributed by atoms with E-state index in [1.54, 1.807) is 26.2 Å². The maximum atomic E-state index is 14.3. The van der Waals surface area contributed by atoms with E-state index >= 15 is 0 Å². The van der Waals surface area contributed by atoms with Crippen molar-refractivity contribution in [2.75, 3.05) is 34.4 Å². The zero-order chi connectivity index (χ0) is 38.1. The van der Waals surface area contributed by atoms with Crippen LogP contribution < -0.4 is 5.32 Å². The van der Waals surface area contributed by atoms with Crippen molar-refractivity contribution in [1.82, 2.24) is 15.1 Å². The number of hydrogen-bond donors (Lipinski definition) is 2. The number of likely N-dealkylation sites (N-methyl/N-ethyl adjacent to an activating group) is 1. The van der Waals surface area contributed by atoms with E-state index in [0.717, 1.165) is 44.1 Å². The fourth-order valence-electron chi connectivity index (χ4n) is 9.39. The lowest BCUT2D eigenvalue weighted by Gasteiger charge is -2.41. The Kier molecular flexibility index (Phi) is 15.9. The number of Topliss-reactive ketones (excluding diaryl/α,β-unsaturated/α-hetero) is 2. The van der Waals surface area contributed by atoms with Crippen LogP contribution in [0.25, 0.3) is 0 Å². The Morgan fingerprint density at radius 1 is 0.981 bits per heavy atom. The molecule has 292 valence electrons. The van der Waals surface area contributed by atoms with Gasteiger partial charge < -0.3 is 29.7 Å². The van der Waals surface area contributed by atoms with Gasteiger partial charge in [-0.2, -0.15) is 0 Å². The van der Waals surface area contributed by atoms with Crippen LogP contribution in [0.5, 0.6) is 0 Å². The summed E-state index contributed by atoms with van der Waals surface area (Å²) < 4.78 is 12.0. The number of piperidine rings is 1. The van der Waals surface area contributed by atoms with Gasteiger partial charge in [0.25, 0.3) is 0 Å². The number of ketones is 2. The number of aliphatic hydroxyl groups is 1. The number of carbonyl (C=O) groups is 4. The molecular weight excluding hydrogens is 658 g/mol. The Balaban J connectivity index is 1.43. The van der Waals surface area contributed by atoms with Gasteiger partial charge in [-0.1, -0.05) is 71.4 Å². The molecule has 11 atom stereocenters. The number of methoxy groups -OCH3 is 2. The van der Waals surface area contributed by atoms with Crippen LogP contribution >= 0.6 is 0 Å². The molecule has 10 nitrogen and oxygen atoms in total. The number of hydrogen-bond acceptors (Lipinski definition) is 8. The molecule has 2 N–H and O–H groups in total. The molecule has 3 fully saturated rings. The highest BCUT2D eigenvalue weighted by atomic mass is 16.5. The molecular formula is C42H67N3O7. The number of ether oxygens (including phenoxy) is 2. The molecule has 10 heteroatoms. The third-order valence-corrected chi connectivity index (χ3v) is 12.7. The minimum Gasteiger partial charge on any atom is -0.396 e. The highest BCUT2D eigenvalue weighted by molar-refractivity contribution is 5.90. The first kappa shape index (κ1) is 42.1. The maximum Gasteiger partial charge on any atom is 0.226 e. The Labute approximate surface area is 312 Å². The minimum atomic E-state index is -0.559. The van der Waals surface area contributed by atoms with Crippen molar-refractivity contribution in [3.8, 4) is 0 Å². The molecule has 1 aromatic rings. The molecule has 52 heavy (non-hydrogen) atoms. The predicted molar refractivity (Wildman–Crippen MR) is 202 cm³/mol. The first-order valence-corrected chi connectivity index (χ1v) is 19.9. The highest BCUT2D eigenvalue weighted by Gasteiger charge is 2.45. The van der Waals surface area contributed by atoms with E-state index < -0.39 is 24.0 Å². The van der Waals surface area contributed by atoms with Gasteiger partial charge in [0.05, 0.1) is 36.8 Å². The number of nitrogens with zero attached hydrogens (tertiary/aromatic N) is 2. The van der Waals surface area contributed by atoms with Crippen LogP contribution in [0, 0.1) is 35.5 Å². The highest BCUT2D eigenvalue weighted by Crippen LogP contribution is 2.37. The Bertz CT molecular complexity index is 1320. The average molecular weight is 726 g/mol. The van der Waals surface area contributed by atoms with Gasteiger partial charge in [0.15, 0.2) is 5.78 Å². The molecule has 0 spiro atoms. The number of fused-ring (bicyclic) bond motifs is 2. The number of benzene rings is 1. The van der Waals surface area contributed by atoms with Crippen molar-refractivity contribution in [3.63, 3.8) is 0 Å². The van der Waals surface area contributed by atoms with Crippen molar-refractivity contribution in [2.45, 2.75) is 135 Å². The summed E-state index contributed by atoms with van der Waals surface area (Å²) in [7, 11) is 5.00. The lowest BCUT2D eigenvalue weighted by Crippen LogP contribution is -2.54. The lowest BCUT2D eigenvalue weighted by molar-refractivity contribution is -0.149. The molecule has 2 bridgehead atoms. The van der Waals surface area contributed by atoms with E-state index in [1.807, 2.05) is 56.0 Å². The standard InChI is InChI=1S/C42H67N3O7/c1-9-27(4)40(44(6)42(50)33(26(2)3)23-36(48)39-31-17-18-32(22-31)43-39)37(51-7)24-38(49)45-19-13-16-34(45)41(52-8)28(5)35(47)21-30(25-46)20-29-14-11-10-12-15-29/h10-12,14-15,26-28,30-34,37,39-41,43,46H,9,13,16-25H2,1-8H3/t27-,28-,30+,31-,32+,33-,34-,37+,39-,40-,41+/m0/s1. The van der Waals surface area contributed by atoms with Crippen LogP contribution in [-0.4, -0.2) is 109 Å². The quantitative estimate of drug-likeness (QED) is 0.180. The van der Waals surface area contributed by atoms with Crippen molar-refractivity contribution in [3.05, 3.63) is 35.9 Å². The molecule has 4 rings (SSSR count). The summed E-state index contributed by atoms with van der Waals surface area (Å²) in [4.78, 5) is 59.2. The monoisotopic (exact) mass is 725 g/mol. The number of carbonyl (C=O) groups excluding carboxylic acids is 4. The van der Waals surface area contributed by atoms with Gasteiger partial charge in [-0.15, -0.1) is 0 Å². The molecule has 1 aliphatic carbocycles. The van der Waals surface area contributed by atoms with E-state index in [9.17, 15) is 24.3 Å². The second kappa shape index (κ2) is 19.6. The van der Waals surface area contributed by atoms with Gasteiger partial charge in [0.1, 0.15) is 5.78 Å². The van der Waals surface area contributed by atoms with Crippen LogP contribution in [0.2, 0.25) is 0 Å². The Morgan fingerprint density at radius 2 is 1.69 bits per heavy atom. The van der Waals surface area contributed by atoms with Gasteiger partial charge in [-0.05, 0) is 67.8 Å².